The van der Waals surface area contributed by atoms with Crippen molar-refractivity contribution >= 4 is 15.8 Å². The standard InChI is InChI=1S/C18H21NO5S/c1-4-24-17(20)11-19-13(2)10-16(14(3)18(19)21)25(22,23)12-15-8-6-5-7-9-15/h5-10H,4,11-12H2,1-3H3. The average molecular weight is 363 g/mol. The van der Waals surface area contributed by atoms with Gasteiger partial charge < -0.3 is 9.30 Å². The van der Waals surface area contributed by atoms with Crippen molar-refractivity contribution in [1.29, 1.82) is 0 Å². The quantitative estimate of drug-likeness (QED) is 0.733. The highest BCUT2D eigenvalue weighted by molar-refractivity contribution is 7.90. The fourth-order valence-electron chi connectivity index (χ4n) is 2.57. The third kappa shape index (κ3) is 4.36. The van der Waals surface area contributed by atoms with Gasteiger partial charge in [-0.25, -0.2) is 8.42 Å². The number of benzene rings is 1. The van der Waals surface area contributed by atoms with Crippen LogP contribution >= 0.6 is 0 Å². The largest absolute Gasteiger partial charge is 0.465 e. The highest BCUT2D eigenvalue weighted by Crippen LogP contribution is 2.19. The molecule has 2 rings (SSSR count). The van der Waals surface area contributed by atoms with Crippen LogP contribution < -0.4 is 5.56 Å². The number of hydrogen-bond donors (Lipinski definition) is 0. The topological polar surface area (TPSA) is 82.4 Å². The lowest BCUT2D eigenvalue weighted by atomic mass is 10.2. The van der Waals surface area contributed by atoms with Crippen molar-refractivity contribution in [3.05, 3.63) is 63.6 Å². The Bertz CT molecular complexity index is 930. The van der Waals surface area contributed by atoms with Gasteiger partial charge in [-0.1, -0.05) is 30.3 Å². The highest BCUT2D eigenvalue weighted by Gasteiger charge is 2.22. The molecular weight excluding hydrogens is 342 g/mol. The van der Waals surface area contributed by atoms with Gasteiger partial charge in [-0.15, -0.1) is 0 Å². The molecule has 134 valence electrons. The highest BCUT2D eigenvalue weighted by atomic mass is 32.2. The number of ether oxygens (including phenoxy) is 1. The van der Waals surface area contributed by atoms with Gasteiger partial charge in [-0.3, -0.25) is 9.59 Å². The second kappa shape index (κ2) is 7.65. The van der Waals surface area contributed by atoms with Gasteiger partial charge in [0.15, 0.2) is 9.84 Å². The summed E-state index contributed by atoms with van der Waals surface area (Å²) >= 11 is 0. The number of pyridine rings is 1. The maximum Gasteiger partial charge on any atom is 0.326 e. The van der Waals surface area contributed by atoms with Crippen molar-refractivity contribution in [2.75, 3.05) is 6.61 Å². The van der Waals surface area contributed by atoms with Crippen molar-refractivity contribution < 1.29 is 17.9 Å². The summed E-state index contributed by atoms with van der Waals surface area (Å²) in [5.74, 6) is -0.720. The van der Waals surface area contributed by atoms with Gasteiger partial charge in [0, 0.05) is 11.3 Å². The third-order valence-corrected chi connectivity index (χ3v) is 5.64. The minimum Gasteiger partial charge on any atom is -0.465 e. The van der Waals surface area contributed by atoms with E-state index in [2.05, 4.69) is 0 Å². The van der Waals surface area contributed by atoms with Crippen LogP contribution in [-0.4, -0.2) is 25.6 Å². The van der Waals surface area contributed by atoms with E-state index in [1.807, 2.05) is 6.07 Å². The molecule has 0 radical (unpaired) electrons. The summed E-state index contributed by atoms with van der Waals surface area (Å²) in [5, 5.41) is 0. The number of aryl methyl sites for hydroxylation is 1. The van der Waals surface area contributed by atoms with Crippen LogP contribution in [0.4, 0.5) is 0 Å². The first-order valence-corrected chi connectivity index (χ1v) is 9.55. The zero-order valence-corrected chi connectivity index (χ0v) is 15.3. The van der Waals surface area contributed by atoms with E-state index in [1.165, 1.54) is 17.6 Å². The smallest absolute Gasteiger partial charge is 0.326 e. The zero-order valence-electron chi connectivity index (χ0n) is 14.5. The molecule has 0 bridgehead atoms. The van der Waals surface area contributed by atoms with E-state index in [-0.39, 0.29) is 29.4 Å². The van der Waals surface area contributed by atoms with Crippen LogP contribution in [-0.2, 0) is 31.7 Å². The first-order valence-electron chi connectivity index (χ1n) is 7.89. The molecule has 25 heavy (non-hydrogen) atoms. The Labute approximate surface area is 147 Å². The molecule has 0 aliphatic rings. The maximum absolute atomic E-state index is 12.7. The van der Waals surface area contributed by atoms with Gasteiger partial charge in [0.05, 0.1) is 17.3 Å². The van der Waals surface area contributed by atoms with Gasteiger partial charge in [0.1, 0.15) is 6.54 Å². The van der Waals surface area contributed by atoms with E-state index in [1.54, 1.807) is 38.1 Å². The molecule has 0 atom stereocenters. The molecule has 6 nitrogen and oxygen atoms in total. The minimum atomic E-state index is -3.67. The number of sulfone groups is 1. The Balaban J connectivity index is 2.43. The maximum atomic E-state index is 12.7. The second-order valence-corrected chi connectivity index (χ2v) is 7.67. The first kappa shape index (κ1) is 18.9. The Morgan fingerprint density at radius 2 is 1.80 bits per heavy atom. The zero-order chi connectivity index (χ0) is 18.6. The molecule has 2 aromatic rings. The van der Waals surface area contributed by atoms with Crippen LogP contribution in [0.25, 0.3) is 0 Å². The summed E-state index contributed by atoms with van der Waals surface area (Å²) < 4.78 is 31.5. The molecule has 0 amide bonds. The van der Waals surface area contributed by atoms with Crippen LogP contribution in [0.15, 0.2) is 46.1 Å². The number of nitrogens with zero attached hydrogens (tertiary/aromatic N) is 1. The SMILES string of the molecule is CCOC(=O)Cn1c(C)cc(S(=O)(=O)Cc2ccccc2)c(C)c1=O. The summed E-state index contributed by atoms with van der Waals surface area (Å²) in [4.78, 5) is 24.2. The lowest BCUT2D eigenvalue weighted by Crippen LogP contribution is -2.30. The summed E-state index contributed by atoms with van der Waals surface area (Å²) in [6.45, 7) is 4.72. The lowest BCUT2D eigenvalue weighted by Gasteiger charge is -2.14. The minimum absolute atomic E-state index is 0.000961. The molecule has 0 spiro atoms. The Kier molecular flexibility index (Phi) is 5.79. The van der Waals surface area contributed by atoms with Crippen molar-refractivity contribution in [3.63, 3.8) is 0 Å². The number of hydrogen-bond acceptors (Lipinski definition) is 5. The molecule has 0 aliphatic carbocycles. The summed E-state index contributed by atoms with van der Waals surface area (Å²) in [5.41, 5.74) is 0.649. The molecule has 0 saturated heterocycles. The Morgan fingerprint density at radius 1 is 1.16 bits per heavy atom. The molecule has 0 aliphatic heterocycles. The van der Waals surface area contributed by atoms with Crippen molar-refractivity contribution in [1.82, 2.24) is 4.57 Å². The van der Waals surface area contributed by atoms with Crippen LogP contribution in [0.2, 0.25) is 0 Å². The van der Waals surface area contributed by atoms with E-state index >= 15 is 0 Å². The average Bonchev–Trinajstić information content (AvgIpc) is 2.55. The number of esters is 1. The molecule has 1 aromatic heterocycles. The van der Waals surface area contributed by atoms with Crippen molar-refractivity contribution in [3.8, 4) is 0 Å². The van der Waals surface area contributed by atoms with Crippen LogP contribution in [0.5, 0.6) is 0 Å². The molecule has 0 N–H and O–H groups in total. The molecule has 1 aromatic carbocycles. The normalized spacial score (nSPS) is 11.3. The van der Waals surface area contributed by atoms with Gasteiger partial charge >= 0.3 is 5.97 Å². The molecule has 1 heterocycles. The molecule has 0 saturated carbocycles. The van der Waals surface area contributed by atoms with Crippen LogP contribution in [0.1, 0.15) is 23.7 Å². The lowest BCUT2D eigenvalue weighted by molar-refractivity contribution is -0.143. The van der Waals surface area contributed by atoms with Crippen LogP contribution in [0.3, 0.4) is 0 Å². The second-order valence-electron chi connectivity index (χ2n) is 5.72. The van der Waals surface area contributed by atoms with Crippen molar-refractivity contribution in [2.45, 2.75) is 38.0 Å². The van der Waals surface area contributed by atoms with Crippen molar-refractivity contribution in [2.24, 2.45) is 0 Å². The summed E-state index contributed by atoms with van der Waals surface area (Å²) in [6.07, 6.45) is 0. The molecule has 7 heteroatoms. The number of rotatable bonds is 6. The van der Waals surface area contributed by atoms with Gasteiger partial charge in [-0.05, 0) is 32.4 Å². The van der Waals surface area contributed by atoms with E-state index in [0.29, 0.717) is 11.3 Å². The summed E-state index contributed by atoms with van der Waals surface area (Å²) in [6, 6.07) is 10.2. The fourth-order valence-corrected chi connectivity index (χ4v) is 4.26. The van der Waals surface area contributed by atoms with E-state index in [9.17, 15) is 18.0 Å². The predicted molar refractivity (Wildman–Crippen MR) is 94.1 cm³/mol. The Morgan fingerprint density at radius 3 is 2.40 bits per heavy atom. The number of aromatic nitrogens is 1. The van der Waals surface area contributed by atoms with E-state index in [4.69, 9.17) is 4.74 Å². The number of carbonyl (C=O) groups excluding carboxylic acids is 1. The van der Waals surface area contributed by atoms with Gasteiger partial charge in [0.2, 0.25) is 0 Å². The summed E-state index contributed by atoms with van der Waals surface area (Å²) in [7, 11) is -3.67. The molecular formula is C18H21NO5S. The monoisotopic (exact) mass is 363 g/mol. The third-order valence-electron chi connectivity index (χ3n) is 3.83. The fraction of sp³-hybridized carbons (Fsp3) is 0.333. The first-order chi connectivity index (χ1) is 11.8. The van der Waals surface area contributed by atoms with E-state index in [0.717, 1.165) is 0 Å². The van der Waals surface area contributed by atoms with Gasteiger partial charge in [0.25, 0.3) is 5.56 Å². The predicted octanol–water partition coefficient (Wildman–Crippen LogP) is 2.00. The van der Waals surface area contributed by atoms with Gasteiger partial charge in [-0.2, -0.15) is 0 Å². The Hall–Kier alpha value is -2.41. The number of carbonyl (C=O) groups is 1. The van der Waals surface area contributed by atoms with Crippen LogP contribution in [0, 0.1) is 13.8 Å². The van der Waals surface area contributed by atoms with E-state index < -0.39 is 21.4 Å². The molecule has 0 fully saturated rings. The molecule has 0 unspecified atom stereocenters.